The Balaban J connectivity index is 1.86. The number of benzene rings is 2. The van der Waals surface area contributed by atoms with Gasteiger partial charge in [-0.1, -0.05) is 35.3 Å². The molecule has 2 aromatic carbocycles. The Kier molecular flexibility index (Phi) is 4.91. The number of fused-ring (bicyclic) bond motifs is 3. The van der Waals surface area contributed by atoms with Gasteiger partial charge in [0, 0.05) is 53.1 Å². The molecule has 0 radical (unpaired) electrons. The molecule has 0 atom stereocenters. The number of rotatable bonds is 3. The summed E-state index contributed by atoms with van der Waals surface area (Å²) in [6.45, 7) is 4.96. The molecule has 3 aromatic heterocycles. The molecule has 5 aromatic rings. The smallest absolute Gasteiger partial charge is 0.259 e. The molecule has 0 unspecified atom stereocenters. The molecule has 0 saturated heterocycles. The fraction of sp³-hybridized carbons (Fsp3) is 0.200. The third kappa shape index (κ3) is 2.99. The van der Waals surface area contributed by atoms with Crippen molar-refractivity contribution in [2.24, 2.45) is 14.1 Å². The Labute approximate surface area is 195 Å². The van der Waals surface area contributed by atoms with Crippen LogP contribution in [0.3, 0.4) is 0 Å². The van der Waals surface area contributed by atoms with Crippen molar-refractivity contribution in [1.82, 2.24) is 18.9 Å². The molecule has 0 aliphatic carbocycles. The first-order valence-corrected chi connectivity index (χ1v) is 11.2. The average molecular weight is 465 g/mol. The molecular weight excluding hydrogens is 443 g/mol. The zero-order valence-electron chi connectivity index (χ0n) is 18.3. The number of halogens is 2. The van der Waals surface area contributed by atoms with Crippen molar-refractivity contribution >= 4 is 45.1 Å². The fourth-order valence-corrected chi connectivity index (χ4v) is 5.14. The van der Waals surface area contributed by atoms with Crippen LogP contribution >= 0.6 is 23.2 Å². The maximum Gasteiger partial charge on any atom is 0.259 e. The lowest BCUT2D eigenvalue weighted by Crippen LogP contribution is -2.20. The number of hydrogen-bond donors (Lipinski definition) is 0. The Morgan fingerprint density at radius 3 is 2.44 bits per heavy atom. The van der Waals surface area contributed by atoms with E-state index in [1.54, 1.807) is 29.8 Å². The summed E-state index contributed by atoms with van der Waals surface area (Å²) < 4.78 is 5.76. The lowest BCUT2D eigenvalue weighted by molar-refractivity contribution is 0.667. The summed E-state index contributed by atoms with van der Waals surface area (Å²) in [6, 6.07) is 13.6. The van der Waals surface area contributed by atoms with Gasteiger partial charge < -0.3 is 4.57 Å². The van der Waals surface area contributed by atoms with E-state index < -0.39 is 0 Å². The summed E-state index contributed by atoms with van der Waals surface area (Å²) in [4.78, 5) is 13.3. The van der Waals surface area contributed by atoms with E-state index in [4.69, 9.17) is 23.2 Å². The average Bonchev–Trinajstić information content (AvgIpc) is 3.28. The molecule has 3 heterocycles. The van der Waals surface area contributed by atoms with Crippen LogP contribution in [0.4, 0.5) is 0 Å². The normalized spacial score (nSPS) is 11.7. The van der Waals surface area contributed by atoms with Crippen LogP contribution in [0.1, 0.15) is 12.5 Å². The van der Waals surface area contributed by atoms with Crippen molar-refractivity contribution in [3.63, 3.8) is 0 Å². The summed E-state index contributed by atoms with van der Waals surface area (Å²) in [5.74, 6) is 0. The second-order valence-corrected chi connectivity index (χ2v) is 8.91. The van der Waals surface area contributed by atoms with Gasteiger partial charge in [0.15, 0.2) is 0 Å². The Bertz CT molecular complexity index is 1590. The molecule has 0 N–H and O–H groups in total. The highest BCUT2D eigenvalue weighted by atomic mass is 35.5. The third-order valence-corrected chi connectivity index (χ3v) is 6.71. The van der Waals surface area contributed by atoms with Gasteiger partial charge in [0.1, 0.15) is 5.65 Å². The molecule has 0 aliphatic heterocycles. The van der Waals surface area contributed by atoms with E-state index in [-0.39, 0.29) is 5.56 Å². The second-order valence-electron chi connectivity index (χ2n) is 8.07. The Hall–Kier alpha value is -3.02. The summed E-state index contributed by atoms with van der Waals surface area (Å²) in [5.41, 5.74) is 6.37. The molecule has 0 amide bonds. The minimum absolute atomic E-state index is 0.104. The molecule has 5 nitrogen and oxygen atoms in total. The Morgan fingerprint density at radius 1 is 0.938 bits per heavy atom. The number of pyridine rings is 1. The van der Waals surface area contributed by atoms with Crippen LogP contribution in [0, 0.1) is 6.92 Å². The highest BCUT2D eigenvalue weighted by molar-refractivity contribution is 6.36. The van der Waals surface area contributed by atoms with Crippen LogP contribution in [0.25, 0.3) is 44.3 Å². The maximum atomic E-state index is 13.3. The van der Waals surface area contributed by atoms with Crippen molar-refractivity contribution in [3.05, 3.63) is 74.6 Å². The van der Waals surface area contributed by atoms with Crippen molar-refractivity contribution in [2.75, 3.05) is 0 Å². The predicted molar refractivity (Wildman–Crippen MR) is 133 cm³/mol. The molecule has 32 heavy (non-hydrogen) atoms. The van der Waals surface area contributed by atoms with E-state index in [0.29, 0.717) is 21.2 Å². The van der Waals surface area contributed by atoms with Gasteiger partial charge in [0.25, 0.3) is 5.56 Å². The van der Waals surface area contributed by atoms with Gasteiger partial charge in [-0.05, 0) is 49.7 Å². The summed E-state index contributed by atoms with van der Waals surface area (Å²) in [7, 11) is 3.79. The SMILES string of the molecule is CCn1ncc(C)c1-c1ccc2c(c1)c1cc(-c3ccc(Cl)cc3Cl)c(=O)n(C)c1n2C. The van der Waals surface area contributed by atoms with E-state index in [1.165, 1.54) is 0 Å². The minimum atomic E-state index is -0.104. The monoisotopic (exact) mass is 464 g/mol. The first kappa shape index (κ1) is 20.9. The van der Waals surface area contributed by atoms with Crippen molar-refractivity contribution in [1.29, 1.82) is 0 Å². The molecule has 0 aliphatic rings. The number of nitrogens with zero attached hydrogens (tertiary/aromatic N) is 4. The van der Waals surface area contributed by atoms with E-state index in [0.717, 1.165) is 45.3 Å². The lowest BCUT2D eigenvalue weighted by atomic mass is 10.0. The first-order chi connectivity index (χ1) is 15.3. The topological polar surface area (TPSA) is 44.8 Å². The van der Waals surface area contributed by atoms with Crippen LogP contribution in [0.5, 0.6) is 0 Å². The van der Waals surface area contributed by atoms with Gasteiger partial charge in [0.05, 0.1) is 22.4 Å². The summed E-state index contributed by atoms with van der Waals surface area (Å²) in [5, 5.41) is 7.55. The van der Waals surface area contributed by atoms with Crippen molar-refractivity contribution < 1.29 is 0 Å². The molecule has 0 fully saturated rings. The first-order valence-electron chi connectivity index (χ1n) is 10.4. The molecule has 7 heteroatoms. The standard InChI is InChI=1S/C25H22Cl2N4O/c1-5-31-23(14(2)13-28-31)15-6-9-22-18(10-15)19-12-20(17-8-7-16(26)11-21(17)27)25(32)30(4)24(19)29(22)3/h6-13H,5H2,1-4H3. The van der Waals surface area contributed by atoms with Gasteiger partial charge in [0.2, 0.25) is 0 Å². The number of aromatic nitrogens is 4. The van der Waals surface area contributed by atoms with E-state index in [1.807, 2.05) is 24.0 Å². The van der Waals surface area contributed by atoms with Gasteiger partial charge in [-0.3, -0.25) is 14.0 Å². The molecular formula is C25H22Cl2N4O. The summed E-state index contributed by atoms with van der Waals surface area (Å²) >= 11 is 12.5. The predicted octanol–water partition coefficient (Wildman–Crippen LogP) is 6.20. The molecule has 0 saturated carbocycles. The van der Waals surface area contributed by atoms with Crippen LogP contribution in [-0.2, 0) is 20.6 Å². The zero-order chi connectivity index (χ0) is 22.7. The van der Waals surface area contributed by atoms with E-state index in [9.17, 15) is 4.79 Å². The molecule has 5 rings (SSSR count). The highest BCUT2D eigenvalue weighted by Gasteiger charge is 2.19. The lowest BCUT2D eigenvalue weighted by Gasteiger charge is -2.09. The zero-order valence-corrected chi connectivity index (χ0v) is 19.8. The van der Waals surface area contributed by atoms with Crippen LogP contribution in [0.15, 0.2) is 53.5 Å². The third-order valence-electron chi connectivity index (χ3n) is 6.16. The second kappa shape index (κ2) is 7.54. The Morgan fingerprint density at radius 2 is 1.72 bits per heavy atom. The van der Waals surface area contributed by atoms with Crippen molar-refractivity contribution in [3.8, 4) is 22.4 Å². The number of hydrogen-bond acceptors (Lipinski definition) is 2. The quantitative estimate of drug-likeness (QED) is 0.319. The molecule has 0 spiro atoms. The van der Waals surface area contributed by atoms with E-state index in [2.05, 4.69) is 41.7 Å². The number of aryl methyl sites for hydroxylation is 4. The van der Waals surface area contributed by atoms with E-state index >= 15 is 0 Å². The van der Waals surface area contributed by atoms with Gasteiger partial charge in [-0.25, -0.2) is 0 Å². The molecule has 162 valence electrons. The highest BCUT2D eigenvalue weighted by Crippen LogP contribution is 2.35. The van der Waals surface area contributed by atoms with Crippen molar-refractivity contribution in [2.45, 2.75) is 20.4 Å². The molecule has 0 bridgehead atoms. The maximum absolute atomic E-state index is 13.3. The van der Waals surface area contributed by atoms with Crippen LogP contribution in [0.2, 0.25) is 10.0 Å². The van der Waals surface area contributed by atoms with Gasteiger partial charge >= 0.3 is 0 Å². The minimum Gasteiger partial charge on any atom is -0.330 e. The van der Waals surface area contributed by atoms with Gasteiger partial charge in [-0.15, -0.1) is 0 Å². The largest absolute Gasteiger partial charge is 0.330 e. The van der Waals surface area contributed by atoms with Crippen LogP contribution < -0.4 is 5.56 Å². The van der Waals surface area contributed by atoms with Gasteiger partial charge in [-0.2, -0.15) is 5.10 Å². The fourth-order valence-electron chi connectivity index (χ4n) is 4.63. The van der Waals surface area contributed by atoms with Crippen LogP contribution in [-0.4, -0.2) is 18.9 Å². The summed E-state index contributed by atoms with van der Waals surface area (Å²) in [6.07, 6.45) is 1.90.